The Bertz CT molecular complexity index is 384. The number of carboxylic acids is 1. The van der Waals surface area contributed by atoms with Crippen molar-refractivity contribution in [1.29, 1.82) is 0 Å². The first kappa shape index (κ1) is 18.5. The molecule has 0 aromatic heterocycles. The van der Waals surface area contributed by atoms with Gasteiger partial charge < -0.3 is 15.7 Å². The van der Waals surface area contributed by atoms with Crippen molar-refractivity contribution in [2.75, 3.05) is 6.54 Å². The van der Waals surface area contributed by atoms with Crippen molar-refractivity contribution in [3.63, 3.8) is 0 Å². The second kappa shape index (κ2) is 10.2. The fourth-order valence-electron chi connectivity index (χ4n) is 2.82. The highest BCUT2D eigenvalue weighted by Crippen LogP contribution is 2.24. The van der Waals surface area contributed by atoms with Crippen LogP contribution >= 0.6 is 0 Å². The van der Waals surface area contributed by atoms with Crippen LogP contribution in [0.3, 0.4) is 0 Å². The predicted octanol–water partition coefficient (Wildman–Crippen LogP) is 1.83. The van der Waals surface area contributed by atoms with Gasteiger partial charge in [0.15, 0.2) is 0 Å². The Morgan fingerprint density at radius 2 is 1.73 bits per heavy atom. The molecule has 6 nitrogen and oxygen atoms in total. The molecule has 1 saturated carbocycles. The summed E-state index contributed by atoms with van der Waals surface area (Å²) < 4.78 is 0. The third-order valence-corrected chi connectivity index (χ3v) is 4.06. The number of carboxylic acid groups (broad SMARTS) is 1. The Morgan fingerprint density at radius 3 is 2.41 bits per heavy atom. The Kier molecular flexibility index (Phi) is 8.55. The molecular formula is C16H28N2O4. The van der Waals surface area contributed by atoms with E-state index in [0.29, 0.717) is 25.8 Å². The maximum atomic E-state index is 12.0. The Labute approximate surface area is 132 Å². The first-order valence-corrected chi connectivity index (χ1v) is 8.33. The van der Waals surface area contributed by atoms with E-state index in [9.17, 15) is 19.5 Å². The van der Waals surface area contributed by atoms with Gasteiger partial charge in [0.1, 0.15) is 0 Å². The van der Waals surface area contributed by atoms with E-state index >= 15 is 0 Å². The summed E-state index contributed by atoms with van der Waals surface area (Å²) in [5.41, 5.74) is 0. The number of hydrogen-bond donors (Lipinski definition) is 3. The molecule has 0 radical (unpaired) electrons. The van der Waals surface area contributed by atoms with Gasteiger partial charge in [0.05, 0.1) is 5.92 Å². The van der Waals surface area contributed by atoms with E-state index in [1.54, 1.807) is 0 Å². The minimum Gasteiger partial charge on any atom is -0.481 e. The largest absolute Gasteiger partial charge is 0.481 e. The lowest BCUT2D eigenvalue weighted by atomic mass is 9.94. The van der Waals surface area contributed by atoms with Gasteiger partial charge in [-0.2, -0.15) is 0 Å². The van der Waals surface area contributed by atoms with Crippen molar-refractivity contribution in [1.82, 2.24) is 10.6 Å². The molecule has 126 valence electrons. The van der Waals surface area contributed by atoms with Gasteiger partial charge in [0, 0.05) is 25.4 Å². The number of nitrogens with one attached hydrogen (secondary N) is 2. The summed E-state index contributed by atoms with van der Waals surface area (Å²) in [6.07, 6.45) is 6.21. The van der Waals surface area contributed by atoms with Gasteiger partial charge in [0.25, 0.3) is 0 Å². The maximum absolute atomic E-state index is 12.0. The minimum absolute atomic E-state index is 0.0347. The molecule has 1 aliphatic rings. The average Bonchev–Trinajstić information content (AvgIpc) is 2.70. The molecule has 1 aliphatic carbocycles. The van der Waals surface area contributed by atoms with E-state index < -0.39 is 11.9 Å². The molecule has 1 rings (SSSR count). The molecule has 0 aromatic rings. The van der Waals surface area contributed by atoms with Gasteiger partial charge in [-0.3, -0.25) is 14.4 Å². The topological polar surface area (TPSA) is 95.5 Å². The molecule has 0 unspecified atom stereocenters. The highest BCUT2D eigenvalue weighted by molar-refractivity contribution is 5.80. The van der Waals surface area contributed by atoms with Gasteiger partial charge in [0.2, 0.25) is 11.8 Å². The minimum atomic E-state index is -0.828. The first-order valence-electron chi connectivity index (χ1n) is 8.33. The lowest BCUT2D eigenvalue weighted by Gasteiger charge is -2.22. The van der Waals surface area contributed by atoms with Crippen LogP contribution in [0.4, 0.5) is 0 Å². The Hall–Kier alpha value is -1.59. The molecule has 0 spiro atoms. The number of hydrogen-bond acceptors (Lipinski definition) is 3. The quantitative estimate of drug-likeness (QED) is 0.596. The Morgan fingerprint density at radius 1 is 1.05 bits per heavy atom. The second-order valence-corrected chi connectivity index (χ2v) is 5.96. The van der Waals surface area contributed by atoms with Crippen molar-refractivity contribution in [2.24, 2.45) is 5.92 Å². The molecule has 0 bridgehead atoms. The third-order valence-electron chi connectivity index (χ3n) is 4.06. The maximum Gasteiger partial charge on any atom is 0.308 e. The Balaban J connectivity index is 2.32. The van der Waals surface area contributed by atoms with E-state index in [2.05, 4.69) is 10.6 Å². The summed E-state index contributed by atoms with van der Waals surface area (Å²) in [4.78, 5) is 34.7. The smallest absolute Gasteiger partial charge is 0.308 e. The number of carbonyl (C=O) groups is 3. The zero-order valence-corrected chi connectivity index (χ0v) is 13.4. The second-order valence-electron chi connectivity index (χ2n) is 5.96. The fraction of sp³-hybridized carbons (Fsp3) is 0.812. The number of aliphatic carboxylic acids is 1. The molecule has 0 heterocycles. The van der Waals surface area contributed by atoms with Crippen LogP contribution in [0.1, 0.15) is 64.7 Å². The summed E-state index contributed by atoms with van der Waals surface area (Å²) in [6, 6.07) is -0.276. The molecule has 0 aliphatic heterocycles. The van der Waals surface area contributed by atoms with Crippen LogP contribution in [-0.4, -0.2) is 35.5 Å². The molecule has 6 heteroatoms. The van der Waals surface area contributed by atoms with E-state index in [4.69, 9.17) is 0 Å². The van der Waals surface area contributed by atoms with Gasteiger partial charge >= 0.3 is 5.97 Å². The zero-order chi connectivity index (χ0) is 16.4. The van der Waals surface area contributed by atoms with Gasteiger partial charge in [-0.15, -0.1) is 0 Å². The predicted molar refractivity (Wildman–Crippen MR) is 83.3 cm³/mol. The fourth-order valence-corrected chi connectivity index (χ4v) is 2.82. The number of carbonyl (C=O) groups excluding carboxylic acids is 2. The first-order chi connectivity index (χ1) is 10.5. The van der Waals surface area contributed by atoms with Crippen LogP contribution in [-0.2, 0) is 14.4 Å². The summed E-state index contributed by atoms with van der Waals surface area (Å²) >= 11 is 0. The van der Waals surface area contributed by atoms with Crippen molar-refractivity contribution in [3.05, 3.63) is 0 Å². The van der Waals surface area contributed by atoms with Crippen LogP contribution in [0.25, 0.3) is 0 Å². The summed E-state index contributed by atoms with van der Waals surface area (Å²) in [6.45, 7) is 2.65. The molecule has 2 amide bonds. The lowest BCUT2D eigenvalue weighted by molar-refractivity contribution is -0.143. The van der Waals surface area contributed by atoms with Crippen LogP contribution in [0.15, 0.2) is 0 Å². The summed E-state index contributed by atoms with van der Waals surface area (Å²) in [5, 5.41) is 14.9. The lowest BCUT2D eigenvalue weighted by Crippen LogP contribution is -2.42. The molecule has 0 saturated heterocycles. The van der Waals surface area contributed by atoms with E-state index in [1.165, 1.54) is 0 Å². The highest BCUT2D eigenvalue weighted by Gasteiger charge is 2.30. The van der Waals surface area contributed by atoms with Crippen LogP contribution in [0.2, 0.25) is 0 Å². The van der Waals surface area contributed by atoms with Gasteiger partial charge in [-0.1, -0.05) is 26.2 Å². The van der Waals surface area contributed by atoms with Crippen molar-refractivity contribution < 1.29 is 19.5 Å². The molecular weight excluding hydrogens is 284 g/mol. The molecule has 0 aromatic carbocycles. The standard InChI is InChI=1S/C16H28N2O4/c1-2-11-17-14(19)9-6-10-15(20)18-13-8-5-3-4-7-12(13)16(21)22/h12-13H,2-11H2,1H3,(H,17,19)(H,18,20)(H,21,22)/t12-,13+/m1/s1. The zero-order valence-electron chi connectivity index (χ0n) is 13.4. The van der Waals surface area contributed by atoms with Gasteiger partial charge in [-0.05, 0) is 25.7 Å². The van der Waals surface area contributed by atoms with Crippen LogP contribution in [0.5, 0.6) is 0 Å². The van der Waals surface area contributed by atoms with E-state index in [0.717, 1.165) is 32.1 Å². The van der Waals surface area contributed by atoms with E-state index in [1.807, 2.05) is 6.92 Å². The monoisotopic (exact) mass is 312 g/mol. The van der Waals surface area contributed by atoms with Gasteiger partial charge in [-0.25, -0.2) is 0 Å². The normalized spacial score (nSPS) is 21.7. The van der Waals surface area contributed by atoms with Crippen LogP contribution in [0, 0.1) is 5.92 Å². The molecule has 1 fully saturated rings. The summed E-state index contributed by atoms with van der Waals surface area (Å²) in [7, 11) is 0. The molecule has 22 heavy (non-hydrogen) atoms. The van der Waals surface area contributed by atoms with E-state index in [-0.39, 0.29) is 24.3 Å². The number of amides is 2. The van der Waals surface area contributed by atoms with Crippen LogP contribution < -0.4 is 10.6 Å². The highest BCUT2D eigenvalue weighted by atomic mass is 16.4. The summed E-state index contributed by atoms with van der Waals surface area (Å²) in [5.74, 6) is -1.50. The van der Waals surface area contributed by atoms with Crippen molar-refractivity contribution >= 4 is 17.8 Å². The van der Waals surface area contributed by atoms with Crippen molar-refractivity contribution in [3.8, 4) is 0 Å². The molecule has 3 N–H and O–H groups in total. The number of rotatable bonds is 8. The average molecular weight is 312 g/mol. The van der Waals surface area contributed by atoms with Crippen molar-refractivity contribution in [2.45, 2.75) is 70.8 Å². The SMILES string of the molecule is CCCNC(=O)CCCC(=O)N[C@H]1CCCCC[C@H]1C(=O)O. The third kappa shape index (κ3) is 6.91. The molecule has 2 atom stereocenters.